The summed E-state index contributed by atoms with van der Waals surface area (Å²) in [5.74, 6) is 0.0520. The Kier molecular flexibility index (Phi) is 5.28. The molecule has 0 atom stereocenters. The van der Waals surface area contributed by atoms with Crippen molar-refractivity contribution in [2.75, 3.05) is 0 Å². The summed E-state index contributed by atoms with van der Waals surface area (Å²) in [7, 11) is 0. The van der Waals surface area contributed by atoms with Gasteiger partial charge in [0.1, 0.15) is 5.78 Å². The number of rotatable bonds is 5. The van der Waals surface area contributed by atoms with E-state index in [2.05, 4.69) is 5.32 Å². The van der Waals surface area contributed by atoms with E-state index in [9.17, 15) is 9.59 Å². The zero-order chi connectivity index (χ0) is 14.5. The van der Waals surface area contributed by atoms with Gasteiger partial charge in [0.05, 0.1) is 0 Å². The van der Waals surface area contributed by atoms with Gasteiger partial charge < -0.3 is 5.32 Å². The Bertz CT molecular complexity index is 441. The largest absolute Gasteiger partial charge is 0.352 e. The van der Waals surface area contributed by atoms with Crippen molar-refractivity contribution < 1.29 is 9.59 Å². The maximum atomic E-state index is 11.7. The minimum absolute atomic E-state index is 0.0711. The van der Waals surface area contributed by atoms with E-state index in [0.717, 1.165) is 5.56 Å². The number of hydrogen-bond donors (Lipinski definition) is 1. The SMILES string of the molecule is Cc1ccc(CNC(=O)CCC(=O)C(C)(C)C)cc1. The average Bonchev–Trinajstić information content (AvgIpc) is 2.34. The molecule has 1 aromatic carbocycles. The van der Waals surface area contributed by atoms with Crippen LogP contribution in [0.2, 0.25) is 0 Å². The summed E-state index contributed by atoms with van der Waals surface area (Å²) in [4.78, 5) is 23.4. The van der Waals surface area contributed by atoms with E-state index in [0.29, 0.717) is 13.0 Å². The number of carbonyl (C=O) groups is 2. The lowest BCUT2D eigenvalue weighted by atomic mass is 9.88. The molecule has 0 aliphatic rings. The molecule has 0 bridgehead atoms. The number of carbonyl (C=O) groups excluding carboxylic acids is 2. The number of aryl methyl sites for hydroxylation is 1. The van der Waals surface area contributed by atoms with Crippen molar-refractivity contribution >= 4 is 11.7 Å². The molecule has 1 amide bonds. The number of amides is 1. The molecule has 0 fully saturated rings. The van der Waals surface area contributed by atoms with Gasteiger partial charge in [-0.1, -0.05) is 50.6 Å². The number of nitrogens with one attached hydrogen (secondary N) is 1. The molecule has 3 nitrogen and oxygen atoms in total. The molecule has 1 rings (SSSR count). The van der Waals surface area contributed by atoms with Crippen molar-refractivity contribution in [3.05, 3.63) is 35.4 Å². The number of benzene rings is 1. The lowest BCUT2D eigenvalue weighted by Crippen LogP contribution is -2.26. The Hall–Kier alpha value is -1.64. The minimum Gasteiger partial charge on any atom is -0.352 e. The van der Waals surface area contributed by atoms with Gasteiger partial charge in [0.25, 0.3) is 0 Å². The molecule has 0 unspecified atom stereocenters. The van der Waals surface area contributed by atoms with Crippen LogP contribution in [0.15, 0.2) is 24.3 Å². The molecule has 0 saturated heterocycles. The number of ketones is 1. The van der Waals surface area contributed by atoms with Crippen LogP contribution >= 0.6 is 0 Å². The fraction of sp³-hybridized carbons (Fsp3) is 0.500. The molecule has 3 heteroatoms. The molecular formula is C16H23NO2. The van der Waals surface area contributed by atoms with Gasteiger partial charge in [-0.2, -0.15) is 0 Å². The first-order valence-electron chi connectivity index (χ1n) is 6.64. The Morgan fingerprint density at radius 3 is 2.16 bits per heavy atom. The van der Waals surface area contributed by atoms with Gasteiger partial charge in [-0.15, -0.1) is 0 Å². The van der Waals surface area contributed by atoms with Crippen molar-refractivity contribution in [1.82, 2.24) is 5.32 Å². The fourth-order valence-electron chi connectivity index (χ4n) is 1.60. The van der Waals surface area contributed by atoms with E-state index in [-0.39, 0.29) is 23.5 Å². The summed E-state index contributed by atoms with van der Waals surface area (Å²) < 4.78 is 0. The molecule has 19 heavy (non-hydrogen) atoms. The van der Waals surface area contributed by atoms with Crippen LogP contribution in [0.25, 0.3) is 0 Å². The van der Waals surface area contributed by atoms with E-state index in [1.807, 2.05) is 52.0 Å². The molecule has 1 N–H and O–H groups in total. The molecule has 1 aromatic rings. The van der Waals surface area contributed by atoms with Crippen LogP contribution in [0.4, 0.5) is 0 Å². The predicted octanol–water partition coefficient (Wildman–Crippen LogP) is 3.01. The summed E-state index contributed by atoms with van der Waals surface area (Å²) in [6.07, 6.45) is 0.575. The summed E-state index contributed by atoms with van der Waals surface area (Å²) >= 11 is 0. The number of hydrogen-bond acceptors (Lipinski definition) is 2. The highest BCUT2D eigenvalue weighted by Gasteiger charge is 2.21. The third-order valence-corrected chi connectivity index (χ3v) is 3.03. The smallest absolute Gasteiger partial charge is 0.220 e. The standard InChI is InChI=1S/C16H23NO2/c1-12-5-7-13(8-6-12)11-17-15(19)10-9-14(18)16(2,3)4/h5-8H,9-11H2,1-4H3,(H,17,19). The molecule has 0 aromatic heterocycles. The van der Waals surface area contributed by atoms with Crippen molar-refractivity contribution in [3.8, 4) is 0 Å². The molecule has 0 aliphatic heterocycles. The van der Waals surface area contributed by atoms with E-state index in [4.69, 9.17) is 0 Å². The summed E-state index contributed by atoms with van der Waals surface area (Å²) in [5, 5.41) is 2.83. The van der Waals surface area contributed by atoms with Crippen LogP contribution in [-0.2, 0) is 16.1 Å². The third-order valence-electron chi connectivity index (χ3n) is 3.03. The first-order valence-corrected chi connectivity index (χ1v) is 6.64. The lowest BCUT2D eigenvalue weighted by molar-refractivity contribution is -0.129. The first kappa shape index (κ1) is 15.4. The van der Waals surface area contributed by atoms with Crippen molar-refractivity contribution in [3.63, 3.8) is 0 Å². The van der Waals surface area contributed by atoms with Gasteiger partial charge in [0, 0.05) is 24.8 Å². The highest BCUT2D eigenvalue weighted by atomic mass is 16.2. The van der Waals surface area contributed by atoms with Gasteiger partial charge in [-0.05, 0) is 12.5 Å². The van der Waals surface area contributed by atoms with Gasteiger partial charge in [-0.3, -0.25) is 9.59 Å². The topological polar surface area (TPSA) is 46.2 Å². The van der Waals surface area contributed by atoms with Crippen LogP contribution in [0.1, 0.15) is 44.7 Å². The molecule has 0 saturated carbocycles. The minimum atomic E-state index is -0.364. The first-order chi connectivity index (χ1) is 8.79. The maximum Gasteiger partial charge on any atom is 0.220 e. The Morgan fingerprint density at radius 1 is 1.05 bits per heavy atom. The van der Waals surface area contributed by atoms with Gasteiger partial charge >= 0.3 is 0 Å². The molecule has 104 valence electrons. The monoisotopic (exact) mass is 261 g/mol. The molecule has 0 spiro atoms. The zero-order valence-corrected chi connectivity index (χ0v) is 12.2. The van der Waals surface area contributed by atoms with Crippen LogP contribution in [-0.4, -0.2) is 11.7 Å². The van der Waals surface area contributed by atoms with Crippen molar-refractivity contribution in [1.29, 1.82) is 0 Å². The van der Waals surface area contributed by atoms with E-state index in [1.54, 1.807) is 0 Å². The van der Waals surface area contributed by atoms with Crippen molar-refractivity contribution in [2.45, 2.75) is 47.1 Å². The molecule has 0 radical (unpaired) electrons. The Morgan fingerprint density at radius 2 is 1.63 bits per heavy atom. The van der Waals surface area contributed by atoms with E-state index < -0.39 is 0 Å². The van der Waals surface area contributed by atoms with Crippen molar-refractivity contribution in [2.24, 2.45) is 5.41 Å². The normalized spacial score (nSPS) is 11.2. The second-order valence-electron chi connectivity index (χ2n) is 5.94. The fourth-order valence-corrected chi connectivity index (χ4v) is 1.60. The summed E-state index contributed by atoms with van der Waals surface area (Å²) in [6, 6.07) is 8.03. The predicted molar refractivity (Wildman–Crippen MR) is 76.7 cm³/mol. The molecule has 0 aliphatic carbocycles. The van der Waals surface area contributed by atoms with E-state index in [1.165, 1.54) is 5.56 Å². The average molecular weight is 261 g/mol. The van der Waals surface area contributed by atoms with Crippen LogP contribution in [0, 0.1) is 12.3 Å². The zero-order valence-electron chi connectivity index (χ0n) is 12.2. The van der Waals surface area contributed by atoms with Crippen LogP contribution < -0.4 is 5.32 Å². The maximum absolute atomic E-state index is 11.7. The Balaban J connectivity index is 2.32. The summed E-state index contributed by atoms with van der Waals surface area (Å²) in [5.41, 5.74) is 1.91. The second-order valence-corrected chi connectivity index (χ2v) is 5.94. The van der Waals surface area contributed by atoms with E-state index >= 15 is 0 Å². The highest BCUT2D eigenvalue weighted by Crippen LogP contribution is 2.17. The van der Waals surface area contributed by atoms with Gasteiger partial charge in [0.2, 0.25) is 5.91 Å². The molecular weight excluding hydrogens is 238 g/mol. The second kappa shape index (κ2) is 6.50. The third kappa shape index (κ3) is 5.69. The molecule has 0 heterocycles. The van der Waals surface area contributed by atoms with Crippen LogP contribution in [0.3, 0.4) is 0 Å². The van der Waals surface area contributed by atoms with Gasteiger partial charge in [-0.25, -0.2) is 0 Å². The number of Topliss-reactive ketones (excluding diaryl/α,β-unsaturated/α-hetero) is 1. The quantitative estimate of drug-likeness (QED) is 0.885. The highest BCUT2D eigenvalue weighted by molar-refractivity contribution is 5.88. The van der Waals surface area contributed by atoms with Gasteiger partial charge in [0.15, 0.2) is 0 Å². The van der Waals surface area contributed by atoms with Crippen LogP contribution in [0.5, 0.6) is 0 Å². The lowest BCUT2D eigenvalue weighted by Gasteiger charge is -2.16. The summed E-state index contributed by atoms with van der Waals surface area (Å²) in [6.45, 7) is 8.17. The Labute approximate surface area is 115 Å².